The highest BCUT2D eigenvalue weighted by molar-refractivity contribution is 6.30. The molecule has 0 amide bonds. The lowest BCUT2D eigenvalue weighted by molar-refractivity contribution is 1.35. The highest BCUT2D eigenvalue weighted by atomic mass is 14.7. The summed E-state index contributed by atoms with van der Waals surface area (Å²) in [5.41, 5.74) is 7.43. The summed E-state index contributed by atoms with van der Waals surface area (Å²) in [6.45, 7) is 0. The molecule has 0 fully saturated rings. The largest absolute Gasteiger partial charge is 0.256 e. The van der Waals surface area contributed by atoms with Gasteiger partial charge in [0.2, 0.25) is 0 Å². The number of aromatic nitrogens is 1. The summed E-state index contributed by atoms with van der Waals surface area (Å²) in [5.74, 6) is 0. The monoisotopic (exact) mass is 503 g/mol. The van der Waals surface area contributed by atoms with Gasteiger partial charge in [-0.1, -0.05) is 103 Å². The van der Waals surface area contributed by atoms with Crippen molar-refractivity contribution in [2.24, 2.45) is 0 Å². The molecular formula is C39H21N. The fourth-order valence-electron chi connectivity index (χ4n) is 7.50. The fraction of sp³-hybridized carbons (Fsp3) is 0. The third kappa shape index (κ3) is 2.46. The molecule has 8 aromatic carbocycles. The van der Waals surface area contributed by atoms with Gasteiger partial charge in [-0.25, -0.2) is 0 Å². The van der Waals surface area contributed by atoms with E-state index < -0.39 is 0 Å². The zero-order chi connectivity index (χ0) is 25.9. The first-order valence-electron chi connectivity index (χ1n) is 13.9. The first-order chi connectivity index (χ1) is 19.8. The molecule has 0 unspecified atom stereocenters. The van der Waals surface area contributed by atoms with Crippen LogP contribution in [-0.2, 0) is 0 Å². The van der Waals surface area contributed by atoms with Crippen LogP contribution >= 0.6 is 0 Å². The van der Waals surface area contributed by atoms with Gasteiger partial charge in [0, 0.05) is 17.3 Å². The van der Waals surface area contributed by atoms with Crippen molar-refractivity contribution in [3.05, 3.63) is 128 Å². The van der Waals surface area contributed by atoms with Crippen LogP contribution in [0.25, 0.3) is 98.1 Å². The van der Waals surface area contributed by atoms with E-state index in [1.54, 1.807) is 0 Å². The molecule has 0 radical (unpaired) electrons. The first-order valence-corrected chi connectivity index (χ1v) is 13.9. The zero-order valence-electron chi connectivity index (χ0n) is 21.6. The standard InChI is InChI=1S/C39H21N/c1-2-9-26-25(8-1)32(27-17-15-24-14-13-22-6-3-7-23-16-18-30(27)37(24)36(22)23)20-34-29-11-4-10-28-31-12-5-19-40-39(31)35(38(28)29)21-33(26)34/h1-21H. The molecule has 0 N–H and O–H groups in total. The van der Waals surface area contributed by atoms with Gasteiger partial charge in [0.25, 0.3) is 0 Å². The molecule has 0 bridgehead atoms. The van der Waals surface area contributed by atoms with Crippen molar-refractivity contribution in [3.63, 3.8) is 0 Å². The molecule has 0 saturated carbocycles. The van der Waals surface area contributed by atoms with Crippen molar-refractivity contribution >= 4 is 64.6 Å². The molecule has 182 valence electrons. The number of benzene rings is 8. The molecule has 1 heterocycles. The molecule has 0 saturated heterocycles. The van der Waals surface area contributed by atoms with Crippen molar-refractivity contribution in [2.75, 3.05) is 0 Å². The maximum Gasteiger partial charge on any atom is 0.0787 e. The minimum atomic E-state index is 1.09. The molecule has 0 atom stereocenters. The van der Waals surface area contributed by atoms with Gasteiger partial charge in [0.1, 0.15) is 0 Å². The van der Waals surface area contributed by atoms with Crippen LogP contribution in [0.15, 0.2) is 128 Å². The van der Waals surface area contributed by atoms with Gasteiger partial charge < -0.3 is 0 Å². The molecule has 1 nitrogen and oxygen atoms in total. The molecule has 1 aliphatic carbocycles. The van der Waals surface area contributed by atoms with E-state index in [0.717, 1.165) is 5.69 Å². The second-order valence-electron chi connectivity index (χ2n) is 11.1. The van der Waals surface area contributed by atoms with Crippen LogP contribution in [0.5, 0.6) is 0 Å². The number of hydrogen-bond donors (Lipinski definition) is 0. The van der Waals surface area contributed by atoms with Gasteiger partial charge in [-0.05, 0) is 99.5 Å². The van der Waals surface area contributed by atoms with E-state index in [-0.39, 0.29) is 0 Å². The number of rotatable bonds is 1. The smallest absolute Gasteiger partial charge is 0.0787 e. The van der Waals surface area contributed by atoms with Gasteiger partial charge in [0.15, 0.2) is 0 Å². The summed E-state index contributed by atoms with van der Waals surface area (Å²) in [4.78, 5) is 4.83. The highest BCUT2D eigenvalue weighted by Gasteiger charge is 2.25. The Labute approximate surface area is 230 Å². The van der Waals surface area contributed by atoms with Gasteiger partial charge in [-0.15, -0.1) is 0 Å². The lowest BCUT2D eigenvalue weighted by Crippen LogP contribution is -1.90. The average Bonchev–Trinajstić information content (AvgIpc) is 3.34. The lowest BCUT2D eigenvalue weighted by Gasteiger charge is -2.17. The van der Waals surface area contributed by atoms with Crippen LogP contribution in [-0.4, -0.2) is 4.98 Å². The number of fused-ring (bicyclic) bond motifs is 7. The molecule has 0 spiro atoms. The molecule has 1 aromatic heterocycles. The van der Waals surface area contributed by atoms with Crippen LogP contribution in [0.2, 0.25) is 0 Å². The van der Waals surface area contributed by atoms with E-state index in [1.807, 2.05) is 12.3 Å². The van der Waals surface area contributed by atoms with E-state index in [2.05, 4.69) is 115 Å². The van der Waals surface area contributed by atoms with Crippen molar-refractivity contribution in [3.8, 4) is 33.5 Å². The Bertz CT molecular complexity index is 2520. The summed E-state index contributed by atoms with van der Waals surface area (Å²) >= 11 is 0. The summed E-state index contributed by atoms with van der Waals surface area (Å²) in [6, 6.07) is 45.1. The quantitative estimate of drug-likeness (QED) is 0.203. The predicted octanol–water partition coefficient (Wildman–Crippen LogP) is 10.8. The van der Waals surface area contributed by atoms with Crippen LogP contribution in [0, 0.1) is 0 Å². The molecule has 9 aromatic rings. The third-order valence-corrected chi connectivity index (χ3v) is 9.17. The summed E-state index contributed by atoms with van der Waals surface area (Å²) in [5, 5.41) is 15.7. The Hall–Kier alpha value is -5.27. The van der Waals surface area contributed by atoms with Crippen LogP contribution in [0.1, 0.15) is 0 Å². The van der Waals surface area contributed by atoms with Crippen LogP contribution < -0.4 is 0 Å². The van der Waals surface area contributed by atoms with Gasteiger partial charge in [-0.3, -0.25) is 4.98 Å². The summed E-state index contributed by atoms with van der Waals surface area (Å²) in [7, 11) is 0. The Balaban J connectivity index is 1.39. The second kappa shape index (κ2) is 7.22. The highest BCUT2D eigenvalue weighted by Crippen LogP contribution is 2.50. The summed E-state index contributed by atoms with van der Waals surface area (Å²) < 4.78 is 0. The maximum absolute atomic E-state index is 4.83. The van der Waals surface area contributed by atoms with Gasteiger partial charge >= 0.3 is 0 Å². The molecule has 1 heteroatoms. The Kier molecular flexibility index (Phi) is 3.73. The first kappa shape index (κ1) is 20.7. The molecule has 40 heavy (non-hydrogen) atoms. The van der Waals surface area contributed by atoms with Gasteiger partial charge in [-0.2, -0.15) is 0 Å². The number of hydrogen-bond acceptors (Lipinski definition) is 1. The lowest BCUT2D eigenvalue weighted by atomic mass is 9.86. The molecule has 0 aliphatic heterocycles. The third-order valence-electron chi connectivity index (χ3n) is 9.17. The number of pyridine rings is 1. The zero-order valence-corrected chi connectivity index (χ0v) is 21.6. The molecular weight excluding hydrogens is 482 g/mol. The van der Waals surface area contributed by atoms with Gasteiger partial charge in [0.05, 0.1) is 5.69 Å². The molecule has 1 aliphatic rings. The number of nitrogens with zero attached hydrogens (tertiary/aromatic N) is 1. The normalized spacial score (nSPS) is 12.5. The Morgan fingerprint density at radius 1 is 0.325 bits per heavy atom. The van der Waals surface area contributed by atoms with E-state index >= 15 is 0 Å². The van der Waals surface area contributed by atoms with E-state index in [0.29, 0.717) is 0 Å². The van der Waals surface area contributed by atoms with Crippen molar-refractivity contribution in [2.45, 2.75) is 0 Å². The van der Waals surface area contributed by atoms with Crippen molar-refractivity contribution in [1.82, 2.24) is 4.98 Å². The second-order valence-corrected chi connectivity index (χ2v) is 11.1. The fourth-order valence-corrected chi connectivity index (χ4v) is 7.50. The van der Waals surface area contributed by atoms with E-state index in [1.165, 1.54) is 92.5 Å². The van der Waals surface area contributed by atoms with Crippen molar-refractivity contribution < 1.29 is 0 Å². The van der Waals surface area contributed by atoms with Crippen LogP contribution in [0.4, 0.5) is 0 Å². The predicted molar refractivity (Wildman–Crippen MR) is 170 cm³/mol. The maximum atomic E-state index is 4.83. The summed E-state index contributed by atoms with van der Waals surface area (Å²) in [6.07, 6.45) is 1.91. The topological polar surface area (TPSA) is 12.9 Å². The average molecular weight is 504 g/mol. The Morgan fingerprint density at radius 2 is 1.00 bits per heavy atom. The molecule has 10 rings (SSSR count). The van der Waals surface area contributed by atoms with E-state index in [4.69, 9.17) is 4.98 Å². The van der Waals surface area contributed by atoms with Crippen molar-refractivity contribution in [1.29, 1.82) is 0 Å². The minimum Gasteiger partial charge on any atom is -0.256 e. The van der Waals surface area contributed by atoms with Crippen LogP contribution in [0.3, 0.4) is 0 Å². The Morgan fingerprint density at radius 3 is 1.90 bits per heavy atom. The minimum absolute atomic E-state index is 1.09. The van der Waals surface area contributed by atoms with E-state index in [9.17, 15) is 0 Å². The SMILES string of the molecule is c1cnc2c(c1)-c1cccc3c1c-2cc1c2ccccc2c(-c2ccc4ccc5cccc6ccc2c4c56)cc31.